The van der Waals surface area contributed by atoms with Gasteiger partial charge in [0, 0.05) is 10.6 Å². The lowest BCUT2D eigenvalue weighted by molar-refractivity contribution is -0.130. The van der Waals surface area contributed by atoms with E-state index in [9.17, 15) is 14.4 Å². The number of benzene rings is 2. The van der Waals surface area contributed by atoms with E-state index in [1.54, 1.807) is 55.5 Å². The summed E-state index contributed by atoms with van der Waals surface area (Å²) in [6, 6.07) is 12.5. The molecule has 7 heteroatoms. The standard InChI is InChI=1S/C19H17ClN2O4/c1-19(13-5-7-14(20)8-6-13)17(24)22(18(25)21-19)11-16(23)12-3-9-15(26-2)10-4-12/h3-10H,11H2,1-2H3,(H,21,25)/t19-/m0/s1. The van der Waals surface area contributed by atoms with Gasteiger partial charge in [0.25, 0.3) is 5.91 Å². The number of imide groups is 1. The topological polar surface area (TPSA) is 75.7 Å². The summed E-state index contributed by atoms with van der Waals surface area (Å²) < 4.78 is 5.05. The molecular formula is C19H17ClN2O4. The average Bonchev–Trinajstić information content (AvgIpc) is 2.86. The van der Waals surface area contributed by atoms with Crippen LogP contribution in [0.2, 0.25) is 5.02 Å². The van der Waals surface area contributed by atoms with E-state index in [4.69, 9.17) is 16.3 Å². The number of nitrogens with one attached hydrogen (secondary N) is 1. The van der Waals surface area contributed by atoms with Crippen LogP contribution in [-0.4, -0.2) is 36.3 Å². The number of amides is 3. The summed E-state index contributed by atoms with van der Waals surface area (Å²) in [6.07, 6.45) is 0. The molecule has 0 aliphatic carbocycles. The maximum absolute atomic E-state index is 12.8. The zero-order chi connectivity index (χ0) is 18.9. The zero-order valence-electron chi connectivity index (χ0n) is 14.3. The normalized spacial score (nSPS) is 19.4. The highest BCUT2D eigenvalue weighted by Gasteiger charge is 2.49. The van der Waals surface area contributed by atoms with Crippen molar-refractivity contribution in [3.8, 4) is 5.75 Å². The van der Waals surface area contributed by atoms with Gasteiger partial charge >= 0.3 is 6.03 Å². The second kappa shape index (κ2) is 6.80. The quantitative estimate of drug-likeness (QED) is 0.646. The van der Waals surface area contributed by atoms with Crippen LogP contribution in [0.1, 0.15) is 22.8 Å². The molecule has 134 valence electrons. The van der Waals surface area contributed by atoms with Crippen molar-refractivity contribution in [2.45, 2.75) is 12.5 Å². The highest BCUT2D eigenvalue weighted by molar-refractivity contribution is 6.30. The number of rotatable bonds is 5. The minimum atomic E-state index is -1.23. The number of methoxy groups -OCH3 is 1. The number of nitrogens with zero attached hydrogens (tertiary/aromatic N) is 1. The van der Waals surface area contributed by atoms with E-state index < -0.39 is 17.5 Å². The number of carbonyl (C=O) groups excluding carboxylic acids is 3. The van der Waals surface area contributed by atoms with Gasteiger partial charge in [0.2, 0.25) is 0 Å². The molecule has 3 amide bonds. The molecule has 1 N–H and O–H groups in total. The summed E-state index contributed by atoms with van der Waals surface area (Å²) in [6.45, 7) is 1.27. The highest BCUT2D eigenvalue weighted by atomic mass is 35.5. The first-order chi connectivity index (χ1) is 12.3. The number of urea groups is 1. The molecule has 1 heterocycles. The van der Waals surface area contributed by atoms with Crippen LogP contribution in [-0.2, 0) is 10.3 Å². The van der Waals surface area contributed by atoms with E-state index in [0.717, 1.165) is 4.90 Å². The molecule has 1 saturated heterocycles. The Morgan fingerprint density at radius 1 is 1.12 bits per heavy atom. The van der Waals surface area contributed by atoms with E-state index in [0.29, 0.717) is 21.9 Å². The number of carbonyl (C=O) groups is 3. The van der Waals surface area contributed by atoms with E-state index in [2.05, 4.69) is 5.32 Å². The molecule has 1 fully saturated rings. The van der Waals surface area contributed by atoms with E-state index in [1.807, 2.05) is 0 Å². The van der Waals surface area contributed by atoms with Gasteiger partial charge in [0.05, 0.1) is 13.7 Å². The Hall–Kier alpha value is -2.86. The highest BCUT2D eigenvalue weighted by Crippen LogP contribution is 2.29. The van der Waals surface area contributed by atoms with E-state index >= 15 is 0 Å². The molecule has 0 spiro atoms. The summed E-state index contributed by atoms with van der Waals surface area (Å²) in [5.41, 5.74) is -0.242. The third kappa shape index (κ3) is 3.15. The predicted molar refractivity (Wildman–Crippen MR) is 96.4 cm³/mol. The minimum Gasteiger partial charge on any atom is -0.497 e. The molecule has 1 aliphatic rings. The number of Topliss-reactive ketones (excluding diaryl/α,β-unsaturated/α-hetero) is 1. The van der Waals surface area contributed by atoms with Gasteiger partial charge in [-0.15, -0.1) is 0 Å². The zero-order valence-corrected chi connectivity index (χ0v) is 15.0. The lowest BCUT2D eigenvalue weighted by Gasteiger charge is -2.22. The van der Waals surface area contributed by atoms with Crippen LogP contribution in [0.4, 0.5) is 4.79 Å². The fourth-order valence-corrected chi connectivity index (χ4v) is 2.96. The van der Waals surface area contributed by atoms with Crippen molar-refractivity contribution in [1.82, 2.24) is 10.2 Å². The molecule has 0 aromatic heterocycles. The summed E-state index contributed by atoms with van der Waals surface area (Å²) >= 11 is 5.88. The molecule has 0 unspecified atom stereocenters. The van der Waals surface area contributed by atoms with Crippen molar-refractivity contribution in [1.29, 1.82) is 0 Å². The smallest absolute Gasteiger partial charge is 0.325 e. The van der Waals surface area contributed by atoms with Crippen molar-refractivity contribution in [3.63, 3.8) is 0 Å². The van der Waals surface area contributed by atoms with Gasteiger partial charge in [-0.05, 0) is 48.9 Å². The first-order valence-electron chi connectivity index (χ1n) is 7.92. The number of ether oxygens (including phenoxy) is 1. The van der Waals surface area contributed by atoms with E-state index in [-0.39, 0.29) is 12.3 Å². The molecule has 26 heavy (non-hydrogen) atoms. The Morgan fingerprint density at radius 3 is 2.31 bits per heavy atom. The van der Waals surface area contributed by atoms with Gasteiger partial charge in [0.1, 0.15) is 11.3 Å². The second-order valence-corrected chi connectivity index (χ2v) is 6.54. The van der Waals surface area contributed by atoms with Crippen molar-refractivity contribution in [3.05, 3.63) is 64.7 Å². The molecule has 3 rings (SSSR count). The summed E-state index contributed by atoms with van der Waals surface area (Å²) in [7, 11) is 1.53. The summed E-state index contributed by atoms with van der Waals surface area (Å²) in [5, 5.41) is 3.19. The van der Waals surface area contributed by atoms with Gasteiger partial charge < -0.3 is 10.1 Å². The Labute approximate surface area is 155 Å². The monoisotopic (exact) mass is 372 g/mol. The molecule has 0 saturated carbocycles. The number of hydrogen-bond donors (Lipinski definition) is 1. The fraction of sp³-hybridized carbons (Fsp3) is 0.211. The summed E-state index contributed by atoms with van der Waals surface area (Å²) in [5.74, 6) is -0.199. The summed E-state index contributed by atoms with van der Waals surface area (Å²) in [4.78, 5) is 38.5. The first kappa shape index (κ1) is 17.9. The Balaban J connectivity index is 1.80. The third-order valence-electron chi connectivity index (χ3n) is 4.41. The number of halogens is 1. The van der Waals surface area contributed by atoms with Crippen LogP contribution in [0.25, 0.3) is 0 Å². The molecule has 0 radical (unpaired) electrons. The Bertz CT molecular complexity index is 864. The minimum absolute atomic E-state index is 0.333. The van der Waals surface area contributed by atoms with Gasteiger partial charge in [-0.1, -0.05) is 23.7 Å². The molecule has 6 nitrogen and oxygen atoms in total. The maximum Gasteiger partial charge on any atom is 0.325 e. The van der Waals surface area contributed by atoms with Crippen molar-refractivity contribution < 1.29 is 19.1 Å². The van der Waals surface area contributed by atoms with E-state index in [1.165, 1.54) is 7.11 Å². The molecule has 1 aliphatic heterocycles. The molecule has 0 bridgehead atoms. The molecule has 2 aromatic carbocycles. The van der Waals surface area contributed by atoms with Crippen LogP contribution in [0.5, 0.6) is 5.75 Å². The van der Waals surface area contributed by atoms with Gasteiger partial charge in [-0.2, -0.15) is 0 Å². The maximum atomic E-state index is 12.8. The molecule has 2 aromatic rings. The van der Waals surface area contributed by atoms with Gasteiger partial charge in [-0.25, -0.2) is 4.79 Å². The fourth-order valence-electron chi connectivity index (χ4n) is 2.83. The number of hydrogen-bond acceptors (Lipinski definition) is 4. The van der Waals surface area contributed by atoms with Crippen LogP contribution in [0.3, 0.4) is 0 Å². The Kier molecular flexibility index (Phi) is 4.70. The predicted octanol–water partition coefficient (Wildman–Crippen LogP) is 3.00. The van der Waals surface area contributed by atoms with Crippen LogP contribution < -0.4 is 10.1 Å². The first-order valence-corrected chi connectivity index (χ1v) is 8.30. The van der Waals surface area contributed by atoms with Crippen LogP contribution >= 0.6 is 11.6 Å². The molecule has 1 atom stereocenters. The van der Waals surface area contributed by atoms with Gasteiger partial charge in [-0.3, -0.25) is 14.5 Å². The Morgan fingerprint density at radius 2 is 1.73 bits per heavy atom. The van der Waals surface area contributed by atoms with Crippen molar-refractivity contribution in [2.24, 2.45) is 0 Å². The average molecular weight is 373 g/mol. The largest absolute Gasteiger partial charge is 0.497 e. The lowest BCUT2D eigenvalue weighted by atomic mass is 9.92. The number of ketones is 1. The van der Waals surface area contributed by atoms with Crippen LogP contribution in [0.15, 0.2) is 48.5 Å². The SMILES string of the molecule is COc1ccc(C(=O)CN2C(=O)N[C@@](C)(c3ccc(Cl)cc3)C2=O)cc1. The van der Waals surface area contributed by atoms with Gasteiger partial charge in [0.15, 0.2) is 5.78 Å². The second-order valence-electron chi connectivity index (χ2n) is 6.11. The van der Waals surface area contributed by atoms with Crippen molar-refractivity contribution >= 4 is 29.3 Å². The molecular weight excluding hydrogens is 356 g/mol. The van der Waals surface area contributed by atoms with Crippen molar-refractivity contribution in [2.75, 3.05) is 13.7 Å². The van der Waals surface area contributed by atoms with Crippen LogP contribution in [0, 0.1) is 0 Å². The third-order valence-corrected chi connectivity index (χ3v) is 4.66. The lowest BCUT2D eigenvalue weighted by Crippen LogP contribution is -2.41.